The lowest BCUT2D eigenvalue weighted by atomic mass is 9.85. The predicted molar refractivity (Wildman–Crippen MR) is 87.9 cm³/mol. The maximum absolute atomic E-state index is 4.69. The zero-order chi connectivity index (χ0) is 14.7. The molecule has 4 heteroatoms. The van der Waals surface area contributed by atoms with Crippen molar-refractivity contribution in [1.82, 2.24) is 9.97 Å². The summed E-state index contributed by atoms with van der Waals surface area (Å²) in [5, 5.41) is 3.42. The van der Waals surface area contributed by atoms with Crippen LogP contribution in [-0.2, 0) is 6.42 Å². The lowest BCUT2D eigenvalue weighted by Gasteiger charge is -2.33. The highest BCUT2D eigenvalue weighted by Crippen LogP contribution is 2.40. The molecular weight excluding hydrogens is 260 g/mol. The first-order valence-electron chi connectivity index (χ1n) is 8.69. The van der Waals surface area contributed by atoms with Gasteiger partial charge in [0, 0.05) is 24.7 Å². The van der Waals surface area contributed by atoms with E-state index >= 15 is 0 Å². The molecule has 2 aliphatic rings. The van der Waals surface area contributed by atoms with Crippen LogP contribution in [0.15, 0.2) is 6.33 Å². The van der Waals surface area contributed by atoms with Gasteiger partial charge < -0.3 is 10.2 Å². The van der Waals surface area contributed by atoms with E-state index in [0.717, 1.165) is 37.2 Å². The monoisotopic (exact) mass is 288 g/mol. The number of hydrogen-bond acceptors (Lipinski definition) is 4. The van der Waals surface area contributed by atoms with Gasteiger partial charge in [-0.05, 0) is 38.5 Å². The summed E-state index contributed by atoms with van der Waals surface area (Å²) in [7, 11) is 0. The van der Waals surface area contributed by atoms with Crippen LogP contribution < -0.4 is 10.2 Å². The highest BCUT2D eigenvalue weighted by Gasteiger charge is 2.37. The molecule has 1 aromatic heterocycles. The summed E-state index contributed by atoms with van der Waals surface area (Å²) in [5.74, 6) is 3.14. The van der Waals surface area contributed by atoms with Gasteiger partial charge in [0.25, 0.3) is 0 Å². The first-order valence-corrected chi connectivity index (χ1v) is 8.69. The van der Waals surface area contributed by atoms with Crippen molar-refractivity contribution < 1.29 is 0 Å². The highest BCUT2D eigenvalue weighted by molar-refractivity contribution is 5.60. The number of fused-ring (bicyclic) bond motifs is 1. The minimum absolute atomic E-state index is 0.721. The molecule has 4 nitrogen and oxygen atoms in total. The Hall–Kier alpha value is -1.32. The third-order valence-electron chi connectivity index (χ3n) is 5.05. The van der Waals surface area contributed by atoms with Crippen LogP contribution in [0.2, 0.25) is 0 Å². The minimum Gasteiger partial charge on any atom is -0.370 e. The molecule has 1 saturated heterocycles. The quantitative estimate of drug-likeness (QED) is 0.898. The Labute approximate surface area is 128 Å². The van der Waals surface area contributed by atoms with E-state index in [1.54, 1.807) is 6.33 Å². The molecule has 2 unspecified atom stereocenters. The Morgan fingerprint density at radius 1 is 1.19 bits per heavy atom. The van der Waals surface area contributed by atoms with Gasteiger partial charge in [-0.3, -0.25) is 0 Å². The lowest BCUT2D eigenvalue weighted by Crippen LogP contribution is -2.36. The molecule has 1 N–H and O–H groups in total. The molecule has 1 aromatic rings. The number of aromatic nitrogens is 2. The van der Waals surface area contributed by atoms with Gasteiger partial charge in [-0.1, -0.05) is 26.2 Å². The Morgan fingerprint density at radius 2 is 2.05 bits per heavy atom. The standard InChI is InChI=1S/C17H28N4/c1-3-7-14-16(18-4-2)19-12-20-17(14)21-11-10-13-8-5-6-9-15(13)21/h12-13,15H,3-11H2,1-2H3,(H,18,19,20). The molecule has 21 heavy (non-hydrogen) atoms. The molecule has 0 amide bonds. The second kappa shape index (κ2) is 6.63. The molecule has 0 aromatic carbocycles. The van der Waals surface area contributed by atoms with Crippen molar-refractivity contribution in [2.75, 3.05) is 23.3 Å². The number of hydrogen-bond donors (Lipinski definition) is 1. The van der Waals surface area contributed by atoms with Crippen molar-refractivity contribution in [1.29, 1.82) is 0 Å². The van der Waals surface area contributed by atoms with E-state index in [4.69, 9.17) is 0 Å². The number of nitrogens with one attached hydrogen (secondary N) is 1. The fourth-order valence-electron chi connectivity index (χ4n) is 4.12. The van der Waals surface area contributed by atoms with Crippen LogP contribution in [0.5, 0.6) is 0 Å². The van der Waals surface area contributed by atoms with E-state index in [9.17, 15) is 0 Å². The van der Waals surface area contributed by atoms with Gasteiger partial charge in [0.2, 0.25) is 0 Å². The summed E-state index contributed by atoms with van der Waals surface area (Å²) in [6.07, 6.45) is 10.8. The third kappa shape index (κ3) is 2.85. The van der Waals surface area contributed by atoms with Crippen molar-refractivity contribution in [3.05, 3.63) is 11.9 Å². The maximum Gasteiger partial charge on any atom is 0.137 e. The normalized spacial score (nSPS) is 25.0. The Morgan fingerprint density at radius 3 is 2.86 bits per heavy atom. The SMILES string of the molecule is CCCc1c(NCC)ncnc1N1CCC2CCCCC21. The molecule has 0 spiro atoms. The highest BCUT2D eigenvalue weighted by atomic mass is 15.2. The summed E-state index contributed by atoms with van der Waals surface area (Å²) in [6, 6.07) is 0.721. The number of rotatable bonds is 5. The summed E-state index contributed by atoms with van der Waals surface area (Å²) in [6.45, 7) is 6.46. The van der Waals surface area contributed by atoms with Gasteiger partial charge in [-0.25, -0.2) is 9.97 Å². The smallest absolute Gasteiger partial charge is 0.137 e. The average molecular weight is 288 g/mol. The zero-order valence-electron chi connectivity index (χ0n) is 13.4. The lowest BCUT2D eigenvalue weighted by molar-refractivity contribution is 0.341. The summed E-state index contributed by atoms with van der Waals surface area (Å²) in [5.41, 5.74) is 1.33. The first-order chi connectivity index (χ1) is 10.3. The second-order valence-corrected chi connectivity index (χ2v) is 6.40. The predicted octanol–water partition coefficient (Wildman–Crippen LogP) is 3.63. The van der Waals surface area contributed by atoms with E-state index in [1.165, 1.54) is 50.0 Å². The van der Waals surface area contributed by atoms with Crippen LogP contribution in [0, 0.1) is 5.92 Å². The van der Waals surface area contributed by atoms with Crippen LogP contribution >= 0.6 is 0 Å². The van der Waals surface area contributed by atoms with Crippen LogP contribution in [0.1, 0.15) is 57.9 Å². The number of anilines is 2. The molecule has 0 bridgehead atoms. The molecular formula is C17H28N4. The van der Waals surface area contributed by atoms with E-state index < -0.39 is 0 Å². The molecule has 116 valence electrons. The van der Waals surface area contributed by atoms with E-state index in [2.05, 4.69) is 34.0 Å². The molecule has 2 fully saturated rings. The first kappa shape index (κ1) is 14.6. The maximum atomic E-state index is 4.69. The van der Waals surface area contributed by atoms with E-state index in [1.807, 2.05) is 0 Å². The molecule has 0 radical (unpaired) electrons. The van der Waals surface area contributed by atoms with Crippen molar-refractivity contribution in [2.45, 2.75) is 64.8 Å². The van der Waals surface area contributed by atoms with E-state index in [0.29, 0.717) is 0 Å². The van der Waals surface area contributed by atoms with Gasteiger partial charge in [0.1, 0.15) is 18.0 Å². The van der Waals surface area contributed by atoms with Crippen molar-refractivity contribution in [3.8, 4) is 0 Å². The topological polar surface area (TPSA) is 41.1 Å². The average Bonchev–Trinajstić information content (AvgIpc) is 2.93. The van der Waals surface area contributed by atoms with Gasteiger partial charge in [-0.2, -0.15) is 0 Å². The molecule has 2 atom stereocenters. The van der Waals surface area contributed by atoms with Crippen molar-refractivity contribution in [2.24, 2.45) is 5.92 Å². The van der Waals surface area contributed by atoms with E-state index in [-0.39, 0.29) is 0 Å². The summed E-state index contributed by atoms with van der Waals surface area (Å²) < 4.78 is 0. The molecule has 3 rings (SSSR count). The fourth-order valence-corrected chi connectivity index (χ4v) is 4.12. The van der Waals surface area contributed by atoms with Crippen molar-refractivity contribution in [3.63, 3.8) is 0 Å². The van der Waals surface area contributed by atoms with Crippen LogP contribution in [0.4, 0.5) is 11.6 Å². The Balaban J connectivity index is 1.91. The minimum atomic E-state index is 0.721. The second-order valence-electron chi connectivity index (χ2n) is 6.40. The molecule has 1 aliphatic carbocycles. The van der Waals surface area contributed by atoms with Crippen LogP contribution in [-0.4, -0.2) is 29.1 Å². The fraction of sp³-hybridized carbons (Fsp3) is 0.765. The molecule has 1 saturated carbocycles. The zero-order valence-corrected chi connectivity index (χ0v) is 13.4. The third-order valence-corrected chi connectivity index (χ3v) is 5.05. The van der Waals surface area contributed by atoms with Crippen LogP contribution in [0.25, 0.3) is 0 Å². The molecule has 1 aliphatic heterocycles. The Kier molecular flexibility index (Phi) is 4.61. The van der Waals surface area contributed by atoms with Crippen molar-refractivity contribution >= 4 is 11.6 Å². The van der Waals surface area contributed by atoms with Gasteiger partial charge in [0.05, 0.1) is 0 Å². The summed E-state index contributed by atoms with van der Waals surface area (Å²) in [4.78, 5) is 11.8. The molecule has 2 heterocycles. The Bertz CT molecular complexity index is 474. The number of nitrogens with zero attached hydrogens (tertiary/aromatic N) is 3. The largest absolute Gasteiger partial charge is 0.370 e. The van der Waals surface area contributed by atoms with Gasteiger partial charge in [-0.15, -0.1) is 0 Å². The van der Waals surface area contributed by atoms with Crippen LogP contribution in [0.3, 0.4) is 0 Å². The van der Waals surface area contributed by atoms with Gasteiger partial charge >= 0.3 is 0 Å². The summed E-state index contributed by atoms with van der Waals surface area (Å²) >= 11 is 0. The van der Waals surface area contributed by atoms with Gasteiger partial charge in [0.15, 0.2) is 0 Å².